The normalized spacial score (nSPS) is 10.8. The fraction of sp³-hybridized carbons (Fsp3) is 0.333. The average Bonchev–Trinajstić information content (AvgIpc) is 2.80. The van der Waals surface area contributed by atoms with Crippen LogP contribution in [-0.4, -0.2) is 4.68 Å². The Bertz CT molecular complexity index is 426. The molecular weight excluding hydrogens is 208 g/mol. The molecule has 2 nitrogen and oxygen atoms in total. The monoisotopic (exact) mass is 228 g/mol. The minimum atomic E-state index is 0.721. The van der Waals surface area contributed by atoms with Gasteiger partial charge in [0.2, 0.25) is 0 Å². The van der Waals surface area contributed by atoms with Gasteiger partial charge in [-0.15, -0.1) is 0 Å². The Morgan fingerprint density at radius 3 is 2.18 bits per heavy atom. The van der Waals surface area contributed by atoms with Crippen molar-refractivity contribution in [2.24, 2.45) is 5.92 Å². The number of benzene rings is 1. The quantitative estimate of drug-likeness (QED) is 0.829. The lowest BCUT2D eigenvalue weighted by Crippen LogP contribution is -2.11. The standard InChI is InChI=1S/C15H20N2/c1-13(2)11-14-5-7-15(8-6-14)12-16-17-9-3-4-10-17/h3-10,13,16H,11-12H2,1-2H3. The van der Waals surface area contributed by atoms with E-state index in [4.69, 9.17) is 0 Å². The van der Waals surface area contributed by atoms with Gasteiger partial charge in [-0.2, -0.15) is 0 Å². The molecule has 0 unspecified atom stereocenters. The highest BCUT2D eigenvalue weighted by molar-refractivity contribution is 5.23. The Labute approximate surface area is 103 Å². The summed E-state index contributed by atoms with van der Waals surface area (Å²) < 4.78 is 1.97. The second-order valence-electron chi connectivity index (χ2n) is 4.84. The molecule has 0 bridgehead atoms. The number of rotatable bonds is 5. The highest BCUT2D eigenvalue weighted by atomic mass is 15.4. The first-order chi connectivity index (χ1) is 8.24. The number of nitrogens with one attached hydrogen (secondary N) is 1. The molecule has 1 N–H and O–H groups in total. The molecule has 1 aromatic heterocycles. The molecule has 0 aliphatic rings. The summed E-state index contributed by atoms with van der Waals surface area (Å²) in [6.07, 6.45) is 5.17. The van der Waals surface area contributed by atoms with Crippen LogP contribution in [0.3, 0.4) is 0 Å². The lowest BCUT2D eigenvalue weighted by molar-refractivity contribution is 0.647. The van der Waals surface area contributed by atoms with Crippen LogP contribution in [0.4, 0.5) is 0 Å². The van der Waals surface area contributed by atoms with E-state index in [-0.39, 0.29) is 0 Å². The summed E-state index contributed by atoms with van der Waals surface area (Å²) in [5, 5.41) is 0. The van der Waals surface area contributed by atoms with Gasteiger partial charge in [-0.1, -0.05) is 38.1 Å². The number of nitrogens with zero attached hydrogens (tertiary/aromatic N) is 1. The van der Waals surface area contributed by atoms with Crippen LogP contribution in [0.2, 0.25) is 0 Å². The number of aromatic nitrogens is 1. The molecule has 0 radical (unpaired) electrons. The van der Waals surface area contributed by atoms with Gasteiger partial charge in [-0.3, -0.25) is 4.68 Å². The van der Waals surface area contributed by atoms with Crippen LogP contribution in [-0.2, 0) is 13.0 Å². The third kappa shape index (κ3) is 3.66. The van der Waals surface area contributed by atoms with Crippen molar-refractivity contribution in [1.29, 1.82) is 0 Å². The molecule has 0 fully saturated rings. The SMILES string of the molecule is CC(C)Cc1ccc(CNn2cccc2)cc1. The molecule has 0 aliphatic carbocycles. The first-order valence-corrected chi connectivity index (χ1v) is 6.18. The van der Waals surface area contributed by atoms with E-state index in [0.29, 0.717) is 0 Å². The minimum absolute atomic E-state index is 0.721. The zero-order valence-corrected chi connectivity index (χ0v) is 10.6. The molecule has 0 spiro atoms. The summed E-state index contributed by atoms with van der Waals surface area (Å²) in [5.41, 5.74) is 6.05. The van der Waals surface area contributed by atoms with Gasteiger partial charge < -0.3 is 5.43 Å². The molecule has 0 amide bonds. The Morgan fingerprint density at radius 2 is 1.59 bits per heavy atom. The van der Waals surface area contributed by atoms with Crippen molar-refractivity contribution in [1.82, 2.24) is 4.68 Å². The molecule has 0 saturated heterocycles. The van der Waals surface area contributed by atoms with E-state index in [9.17, 15) is 0 Å². The summed E-state index contributed by atoms with van der Waals surface area (Å²) in [4.78, 5) is 0. The molecule has 0 aliphatic heterocycles. The molecule has 1 aromatic carbocycles. The van der Waals surface area contributed by atoms with E-state index in [1.165, 1.54) is 11.1 Å². The Kier molecular flexibility index (Phi) is 3.86. The van der Waals surface area contributed by atoms with Crippen molar-refractivity contribution in [3.63, 3.8) is 0 Å². The molecule has 2 aromatic rings. The highest BCUT2D eigenvalue weighted by Crippen LogP contribution is 2.09. The Balaban J connectivity index is 1.89. The maximum Gasteiger partial charge on any atom is 0.0564 e. The predicted molar refractivity (Wildman–Crippen MR) is 72.5 cm³/mol. The second-order valence-corrected chi connectivity index (χ2v) is 4.84. The number of hydrogen-bond acceptors (Lipinski definition) is 1. The van der Waals surface area contributed by atoms with Gasteiger partial charge in [0.25, 0.3) is 0 Å². The molecule has 2 rings (SSSR count). The van der Waals surface area contributed by atoms with Crippen molar-refractivity contribution in [2.75, 3.05) is 5.43 Å². The fourth-order valence-electron chi connectivity index (χ4n) is 1.89. The molecule has 17 heavy (non-hydrogen) atoms. The summed E-state index contributed by atoms with van der Waals surface area (Å²) in [6, 6.07) is 12.9. The van der Waals surface area contributed by atoms with E-state index in [2.05, 4.69) is 43.5 Å². The minimum Gasteiger partial charge on any atom is -0.322 e. The fourth-order valence-corrected chi connectivity index (χ4v) is 1.89. The third-order valence-electron chi connectivity index (χ3n) is 2.74. The molecular formula is C15H20N2. The van der Waals surface area contributed by atoms with Gasteiger partial charge in [-0.25, -0.2) is 0 Å². The largest absolute Gasteiger partial charge is 0.322 e. The Hall–Kier alpha value is -1.70. The molecule has 1 heterocycles. The van der Waals surface area contributed by atoms with Crippen molar-refractivity contribution in [3.8, 4) is 0 Å². The van der Waals surface area contributed by atoms with Crippen molar-refractivity contribution >= 4 is 0 Å². The maximum absolute atomic E-state index is 3.32. The predicted octanol–water partition coefficient (Wildman–Crippen LogP) is 3.43. The Morgan fingerprint density at radius 1 is 1.00 bits per heavy atom. The van der Waals surface area contributed by atoms with Crippen LogP contribution < -0.4 is 5.43 Å². The van der Waals surface area contributed by atoms with Gasteiger partial charge in [0.15, 0.2) is 0 Å². The summed E-state index contributed by atoms with van der Waals surface area (Å²) in [7, 11) is 0. The van der Waals surface area contributed by atoms with Gasteiger partial charge in [-0.05, 0) is 35.6 Å². The van der Waals surface area contributed by atoms with Crippen LogP contribution >= 0.6 is 0 Å². The molecule has 90 valence electrons. The second kappa shape index (κ2) is 5.58. The van der Waals surface area contributed by atoms with Crippen LogP contribution in [0, 0.1) is 5.92 Å². The third-order valence-corrected chi connectivity index (χ3v) is 2.74. The van der Waals surface area contributed by atoms with E-state index in [1.807, 2.05) is 29.2 Å². The van der Waals surface area contributed by atoms with E-state index in [0.717, 1.165) is 18.9 Å². The van der Waals surface area contributed by atoms with E-state index in [1.54, 1.807) is 0 Å². The molecule has 0 saturated carbocycles. The van der Waals surface area contributed by atoms with Crippen LogP contribution in [0.1, 0.15) is 25.0 Å². The zero-order valence-electron chi connectivity index (χ0n) is 10.6. The van der Waals surface area contributed by atoms with Crippen molar-refractivity contribution in [3.05, 3.63) is 59.9 Å². The first kappa shape index (κ1) is 11.8. The smallest absolute Gasteiger partial charge is 0.0564 e. The topological polar surface area (TPSA) is 17.0 Å². The average molecular weight is 228 g/mol. The van der Waals surface area contributed by atoms with Crippen molar-refractivity contribution < 1.29 is 0 Å². The highest BCUT2D eigenvalue weighted by Gasteiger charge is 1.98. The van der Waals surface area contributed by atoms with Gasteiger partial charge in [0.1, 0.15) is 0 Å². The van der Waals surface area contributed by atoms with E-state index < -0.39 is 0 Å². The molecule has 2 heteroatoms. The van der Waals surface area contributed by atoms with E-state index >= 15 is 0 Å². The zero-order chi connectivity index (χ0) is 12.1. The number of hydrogen-bond donors (Lipinski definition) is 1. The lowest BCUT2D eigenvalue weighted by atomic mass is 10.0. The summed E-state index contributed by atoms with van der Waals surface area (Å²) in [6.45, 7) is 5.36. The van der Waals surface area contributed by atoms with Gasteiger partial charge >= 0.3 is 0 Å². The maximum atomic E-state index is 3.32. The summed E-state index contributed by atoms with van der Waals surface area (Å²) >= 11 is 0. The van der Waals surface area contributed by atoms with Crippen molar-refractivity contribution in [2.45, 2.75) is 26.8 Å². The van der Waals surface area contributed by atoms with Crippen LogP contribution in [0.5, 0.6) is 0 Å². The van der Waals surface area contributed by atoms with Gasteiger partial charge in [0.05, 0.1) is 6.54 Å². The first-order valence-electron chi connectivity index (χ1n) is 6.18. The summed E-state index contributed by atoms with van der Waals surface area (Å²) in [5.74, 6) is 0.721. The lowest BCUT2D eigenvalue weighted by Gasteiger charge is -2.09. The van der Waals surface area contributed by atoms with Crippen LogP contribution in [0.25, 0.3) is 0 Å². The molecule has 0 atom stereocenters. The van der Waals surface area contributed by atoms with Crippen LogP contribution in [0.15, 0.2) is 48.8 Å². The van der Waals surface area contributed by atoms with Gasteiger partial charge in [0, 0.05) is 12.4 Å².